The minimum atomic E-state index is 0.0126. The van der Waals surface area contributed by atoms with Crippen LogP contribution >= 0.6 is 11.3 Å². The Labute approximate surface area is 154 Å². The van der Waals surface area contributed by atoms with Gasteiger partial charge in [-0.25, -0.2) is 4.98 Å². The second kappa shape index (κ2) is 7.00. The lowest BCUT2D eigenvalue weighted by Crippen LogP contribution is -2.24. The first-order valence-corrected chi connectivity index (χ1v) is 9.50. The van der Waals surface area contributed by atoms with Crippen molar-refractivity contribution in [3.8, 4) is 17.2 Å². The van der Waals surface area contributed by atoms with E-state index in [1.807, 2.05) is 16.0 Å². The van der Waals surface area contributed by atoms with Gasteiger partial charge in [-0.1, -0.05) is 18.5 Å². The maximum absolute atomic E-state index is 12.5. The van der Waals surface area contributed by atoms with Gasteiger partial charge in [-0.15, -0.1) is 11.3 Å². The Kier molecular flexibility index (Phi) is 4.56. The molecule has 3 aromatic rings. The summed E-state index contributed by atoms with van der Waals surface area (Å²) in [4.78, 5) is 23.9. The summed E-state index contributed by atoms with van der Waals surface area (Å²) in [5.41, 5.74) is 2.37. The van der Waals surface area contributed by atoms with Gasteiger partial charge in [0.2, 0.25) is 11.7 Å². The van der Waals surface area contributed by atoms with E-state index >= 15 is 0 Å². The maximum Gasteiger partial charge on any atom is 0.266 e. The first-order chi connectivity index (χ1) is 12.7. The highest BCUT2D eigenvalue weighted by Gasteiger charge is 2.28. The average molecular weight is 372 g/mol. The van der Waals surface area contributed by atoms with E-state index < -0.39 is 0 Å². The summed E-state index contributed by atoms with van der Waals surface area (Å²) in [6.45, 7) is 4.05. The van der Waals surface area contributed by atoms with Crippen LogP contribution in [0.2, 0.25) is 0 Å². The van der Waals surface area contributed by atoms with Crippen molar-refractivity contribution in [3.05, 3.63) is 34.2 Å². The molecule has 0 aromatic carbocycles. The van der Waals surface area contributed by atoms with Gasteiger partial charge in [0.05, 0.1) is 24.5 Å². The van der Waals surface area contributed by atoms with E-state index in [1.165, 1.54) is 11.3 Å². The van der Waals surface area contributed by atoms with Gasteiger partial charge in [0.1, 0.15) is 16.9 Å². The Morgan fingerprint density at radius 3 is 3.15 bits per heavy atom. The van der Waals surface area contributed by atoms with Gasteiger partial charge in [-0.3, -0.25) is 9.36 Å². The Hall–Kier alpha value is -2.52. The van der Waals surface area contributed by atoms with E-state index in [9.17, 15) is 4.79 Å². The number of unbranched alkanes of at least 4 members (excludes halogenated alkanes) is 1. The molecule has 0 saturated heterocycles. The predicted octanol–water partition coefficient (Wildman–Crippen LogP) is 2.46. The number of hydrogen-bond acceptors (Lipinski definition) is 7. The number of nitrogens with one attached hydrogen (secondary N) is 1. The third kappa shape index (κ3) is 2.93. The minimum absolute atomic E-state index is 0.0126. The Bertz CT molecular complexity index is 927. The highest BCUT2D eigenvalue weighted by molar-refractivity contribution is 7.12. The predicted molar refractivity (Wildman–Crippen MR) is 97.1 cm³/mol. The molecule has 0 fully saturated rings. The molecule has 4 heterocycles. The molecule has 0 spiro atoms. The summed E-state index contributed by atoms with van der Waals surface area (Å²) in [5, 5.41) is 9.28. The lowest BCUT2D eigenvalue weighted by molar-refractivity contribution is 0.0792. The number of imidazole rings is 1. The van der Waals surface area contributed by atoms with Gasteiger partial charge in [0, 0.05) is 7.05 Å². The second-order valence-corrected chi connectivity index (χ2v) is 7.16. The molecule has 1 aliphatic heterocycles. The molecule has 0 aliphatic carbocycles. The number of carbonyl (C=O) groups is 1. The summed E-state index contributed by atoms with van der Waals surface area (Å²) in [6.07, 6.45) is 3.97. The molecule has 0 atom stereocenters. The molecular formula is C17H20N6O2S. The molecular weight excluding hydrogens is 352 g/mol. The molecule has 0 bridgehead atoms. The van der Waals surface area contributed by atoms with Crippen LogP contribution in [0.4, 0.5) is 0 Å². The summed E-state index contributed by atoms with van der Waals surface area (Å²) < 4.78 is 7.28. The molecule has 0 unspecified atom stereocenters. The highest BCUT2D eigenvalue weighted by Crippen LogP contribution is 2.31. The van der Waals surface area contributed by atoms with E-state index in [0.717, 1.165) is 30.8 Å². The molecule has 8 nitrogen and oxygen atoms in total. The van der Waals surface area contributed by atoms with Crippen LogP contribution in [0.3, 0.4) is 0 Å². The minimum Gasteiger partial charge on any atom is -0.337 e. The molecule has 0 saturated carbocycles. The van der Waals surface area contributed by atoms with E-state index in [4.69, 9.17) is 4.52 Å². The van der Waals surface area contributed by atoms with Gasteiger partial charge in [0.25, 0.3) is 5.91 Å². The van der Waals surface area contributed by atoms with Gasteiger partial charge >= 0.3 is 0 Å². The fourth-order valence-corrected chi connectivity index (χ4v) is 3.84. The van der Waals surface area contributed by atoms with Crippen molar-refractivity contribution in [3.63, 3.8) is 0 Å². The van der Waals surface area contributed by atoms with Crippen LogP contribution < -0.4 is 5.32 Å². The molecule has 136 valence electrons. The number of hydrogen-bond donors (Lipinski definition) is 1. The maximum atomic E-state index is 12.5. The van der Waals surface area contributed by atoms with Crippen molar-refractivity contribution in [2.24, 2.45) is 0 Å². The van der Waals surface area contributed by atoms with Crippen LogP contribution in [0.25, 0.3) is 17.2 Å². The van der Waals surface area contributed by atoms with E-state index in [-0.39, 0.29) is 5.91 Å². The summed E-state index contributed by atoms with van der Waals surface area (Å²) in [6, 6.07) is 1.94. The average Bonchev–Trinajstić information content (AvgIpc) is 3.35. The molecule has 26 heavy (non-hydrogen) atoms. The smallest absolute Gasteiger partial charge is 0.266 e. The van der Waals surface area contributed by atoms with Crippen LogP contribution in [0, 0.1) is 0 Å². The van der Waals surface area contributed by atoms with E-state index in [1.54, 1.807) is 18.3 Å². The number of thiophene rings is 1. The monoisotopic (exact) mass is 372 g/mol. The first-order valence-electron chi connectivity index (χ1n) is 8.62. The van der Waals surface area contributed by atoms with Crippen LogP contribution in [0.5, 0.6) is 0 Å². The normalized spacial score (nSPS) is 13.6. The molecule has 1 N–H and O–H groups in total. The number of carbonyl (C=O) groups excluding carboxylic acids is 1. The van der Waals surface area contributed by atoms with Crippen molar-refractivity contribution >= 4 is 17.2 Å². The molecule has 0 radical (unpaired) electrons. The zero-order chi connectivity index (χ0) is 18.1. The Morgan fingerprint density at radius 2 is 2.31 bits per heavy atom. The standard InChI is InChI=1S/C17H20N6O2S/c1-3-4-6-18-8-13-20-16(21-25-13)14-12-9-22(2)17(24)15-11(5-7-26-15)23(12)10-19-14/h5,7,10,18H,3-4,6,8-9H2,1-2H3. The topological polar surface area (TPSA) is 89.1 Å². The van der Waals surface area contributed by atoms with Crippen LogP contribution in [-0.4, -0.2) is 44.1 Å². The van der Waals surface area contributed by atoms with Crippen LogP contribution in [-0.2, 0) is 13.1 Å². The number of aromatic nitrogens is 4. The van der Waals surface area contributed by atoms with Crippen LogP contribution in [0.15, 0.2) is 22.3 Å². The molecule has 1 aliphatic rings. The highest BCUT2D eigenvalue weighted by atomic mass is 32.1. The van der Waals surface area contributed by atoms with Gasteiger partial charge < -0.3 is 14.7 Å². The quantitative estimate of drug-likeness (QED) is 0.669. The lowest BCUT2D eigenvalue weighted by atomic mass is 10.3. The SMILES string of the molecule is CCCCNCc1nc(-c2ncn3c2CN(C)C(=O)c2sccc2-3)no1. The first kappa shape index (κ1) is 16.9. The molecule has 1 amide bonds. The van der Waals surface area contributed by atoms with Crippen LogP contribution in [0.1, 0.15) is 41.0 Å². The zero-order valence-electron chi connectivity index (χ0n) is 14.7. The summed E-state index contributed by atoms with van der Waals surface area (Å²) in [7, 11) is 1.79. The van der Waals surface area contributed by atoms with Crippen molar-refractivity contribution in [1.82, 2.24) is 29.9 Å². The fraction of sp³-hybridized carbons (Fsp3) is 0.412. The van der Waals surface area contributed by atoms with E-state index in [2.05, 4.69) is 27.4 Å². The largest absolute Gasteiger partial charge is 0.337 e. The summed E-state index contributed by atoms with van der Waals surface area (Å²) in [5.74, 6) is 0.997. The lowest BCUT2D eigenvalue weighted by Gasteiger charge is -2.13. The van der Waals surface area contributed by atoms with Crippen molar-refractivity contribution in [1.29, 1.82) is 0 Å². The van der Waals surface area contributed by atoms with Gasteiger partial charge in [-0.05, 0) is 24.4 Å². The third-order valence-corrected chi connectivity index (χ3v) is 5.25. The van der Waals surface area contributed by atoms with Gasteiger partial charge in [-0.2, -0.15) is 4.98 Å². The molecule has 3 aromatic heterocycles. The fourth-order valence-electron chi connectivity index (χ4n) is 2.96. The van der Waals surface area contributed by atoms with Crippen molar-refractivity contribution in [2.45, 2.75) is 32.9 Å². The molecule has 9 heteroatoms. The number of rotatable bonds is 6. The number of nitrogens with zero attached hydrogens (tertiary/aromatic N) is 5. The zero-order valence-corrected chi connectivity index (χ0v) is 15.5. The van der Waals surface area contributed by atoms with Gasteiger partial charge in [0.15, 0.2) is 0 Å². The Morgan fingerprint density at radius 1 is 1.42 bits per heavy atom. The number of fused-ring (bicyclic) bond motifs is 3. The Balaban J connectivity index is 1.63. The van der Waals surface area contributed by atoms with Crippen molar-refractivity contribution in [2.75, 3.05) is 13.6 Å². The van der Waals surface area contributed by atoms with Crippen molar-refractivity contribution < 1.29 is 9.32 Å². The third-order valence-electron chi connectivity index (χ3n) is 4.36. The van der Waals surface area contributed by atoms with E-state index in [0.29, 0.717) is 35.4 Å². The summed E-state index contributed by atoms with van der Waals surface area (Å²) >= 11 is 1.44. The number of amides is 1. The second-order valence-electron chi connectivity index (χ2n) is 6.25. The molecule has 4 rings (SSSR count).